The minimum absolute atomic E-state index is 0.250. The van der Waals surface area contributed by atoms with Gasteiger partial charge in [0.25, 0.3) is 0 Å². The number of hydrogen-bond donors (Lipinski definition) is 0. The van der Waals surface area contributed by atoms with E-state index in [0.717, 1.165) is 24.1 Å². The van der Waals surface area contributed by atoms with Gasteiger partial charge in [-0.25, -0.2) is 4.79 Å². The summed E-state index contributed by atoms with van der Waals surface area (Å²) in [5, 5.41) is 0. The van der Waals surface area contributed by atoms with Gasteiger partial charge in [-0.2, -0.15) is 0 Å². The molecule has 1 aliphatic carbocycles. The highest BCUT2D eigenvalue weighted by Gasteiger charge is 2.26. The fourth-order valence-electron chi connectivity index (χ4n) is 3.32. The van der Waals surface area contributed by atoms with Crippen molar-refractivity contribution in [3.63, 3.8) is 0 Å². The summed E-state index contributed by atoms with van der Waals surface area (Å²) in [6.45, 7) is 6.87. The van der Waals surface area contributed by atoms with Crippen molar-refractivity contribution in [3.8, 4) is 0 Å². The minimum atomic E-state index is -0.458. The van der Waals surface area contributed by atoms with E-state index < -0.39 is 5.60 Å². The number of amides is 1. The first kappa shape index (κ1) is 17.0. The summed E-state index contributed by atoms with van der Waals surface area (Å²) in [6.07, 6.45) is 9.20. The topological polar surface area (TPSA) is 42.4 Å². The maximum atomic E-state index is 12.2. The molecule has 4 nitrogen and oxygen atoms in total. The highest BCUT2D eigenvalue weighted by Crippen LogP contribution is 2.25. The second-order valence-corrected chi connectivity index (χ2v) is 7.81. The maximum Gasteiger partial charge on any atom is 0.410 e. The molecule has 0 unspecified atom stereocenters. The van der Waals surface area contributed by atoms with Gasteiger partial charge in [-0.3, -0.25) is 4.98 Å². The second kappa shape index (κ2) is 6.96. The molecule has 0 N–H and O–H groups in total. The Morgan fingerprint density at radius 2 is 1.88 bits per heavy atom. The first-order valence-electron chi connectivity index (χ1n) is 9.08. The van der Waals surface area contributed by atoms with Gasteiger partial charge in [-0.05, 0) is 63.7 Å². The Labute approximate surface area is 144 Å². The molecule has 0 atom stereocenters. The lowest BCUT2D eigenvalue weighted by Crippen LogP contribution is -2.35. The zero-order chi connectivity index (χ0) is 17.2. The highest BCUT2D eigenvalue weighted by atomic mass is 16.6. The van der Waals surface area contributed by atoms with Crippen LogP contribution in [0.3, 0.4) is 0 Å². The number of nitrogens with zero attached hydrogens (tertiary/aromatic N) is 2. The minimum Gasteiger partial charge on any atom is -0.444 e. The SMILES string of the molecule is CC(C)(C)OC(=O)N1CC=C(c2ccc3c(n2)CCCCCC3)C1. The molecular formula is C20H28N2O2. The van der Waals surface area contributed by atoms with Crippen molar-refractivity contribution in [2.75, 3.05) is 13.1 Å². The zero-order valence-corrected chi connectivity index (χ0v) is 15.1. The molecule has 0 bridgehead atoms. The predicted octanol–water partition coefficient (Wildman–Crippen LogP) is 4.37. The van der Waals surface area contributed by atoms with E-state index in [9.17, 15) is 4.79 Å². The summed E-state index contributed by atoms with van der Waals surface area (Å²) in [7, 11) is 0. The van der Waals surface area contributed by atoms with Gasteiger partial charge in [0, 0.05) is 12.2 Å². The molecule has 0 radical (unpaired) electrons. The van der Waals surface area contributed by atoms with Gasteiger partial charge in [0.05, 0.1) is 12.2 Å². The van der Waals surface area contributed by atoms with Crippen molar-refractivity contribution in [1.82, 2.24) is 9.88 Å². The van der Waals surface area contributed by atoms with Gasteiger partial charge in [0.1, 0.15) is 5.60 Å². The Kier molecular flexibility index (Phi) is 4.93. The number of ether oxygens (including phenoxy) is 1. The lowest BCUT2D eigenvalue weighted by Gasteiger charge is -2.24. The van der Waals surface area contributed by atoms with Crippen LogP contribution in [0.2, 0.25) is 0 Å². The third kappa shape index (κ3) is 4.16. The highest BCUT2D eigenvalue weighted by molar-refractivity contribution is 5.76. The van der Waals surface area contributed by atoms with Crippen LogP contribution in [0.4, 0.5) is 4.79 Å². The Hall–Kier alpha value is -1.84. The molecule has 3 rings (SSSR count). The van der Waals surface area contributed by atoms with E-state index in [-0.39, 0.29) is 6.09 Å². The maximum absolute atomic E-state index is 12.2. The lowest BCUT2D eigenvalue weighted by atomic mass is 9.96. The number of hydrogen-bond acceptors (Lipinski definition) is 3. The van der Waals surface area contributed by atoms with Crippen LogP contribution in [0.1, 0.15) is 63.4 Å². The Morgan fingerprint density at radius 1 is 1.12 bits per heavy atom. The number of pyridine rings is 1. The standard InChI is InChI=1S/C20H28N2O2/c1-20(2,3)24-19(23)22-13-12-16(14-22)18-11-10-15-8-6-4-5-7-9-17(15)21-18/h10-12H,4-9,13-14H2,1-3H3. The largest absolute Gasteiger partial charge is 0.444 e. The van der Waals surface area contributed by atoms with E-state index in [1.165, 1.54) is 36.9 Å². The number of rotatable bonds is 1. The molecule has 1 aromatic heterocycles. The van der Waals surface area contributed by atoms with E-state index in [1.807, 2.05) is 20.8 Å². The third-order valence-electron chi connectivity index (χ3n) is 4.58. The van der Waals surface area contributed by atoms with Crippen LogP contribution in [0.15, 0.2) is 18.2 Å². The lowest BCUT2D eigenvalue weighted by molar-refractivity contribution is 0.0306. The van der Waals surface area contributed by atoms with Gasteiger partial charge in [0.15, 0.2) is 0 Å². The van der Waals surface area contributed by atoms with E-state index in [2.05, 4.69) is 18.2 Å². The molecular weight excluding hydrogens is 300 g/mol. The van der Waals surface area contributed by atoms with E-state index >= 15 is 0 Å². The smallest absolute Gasteiger partial charge is 0.410 e. The Morgan fingerprint density at radius 3 is 2.62 bits per heavy atom. The fourth-order valence-corrected chi connectivity index (χ4v) is 3.32. The zero-order valence-electron chi connectivity index (χ0n) is 15.1. The van der Waals surface area contributed by atoms with E-state index in [4.69, 9.17) is 9.72 Å². The molecule has 0 fully saturated rings. The van der Waals surface area contributed by atoms with Crippen molar-refractivity contribution < 1.29 is 9.53 Å². The van der Waals surface area contributed by atoms with Crippen LogP contribution in [0.5, 0.6) is 0 Å². The van der Waals surface area contributed by atoms with Gasteiger partial charge in [0.2, 0.25) is 0 Å². The molecule has 0 saturated heterocycles. The summed E-state index contributed by atoms with van der Waals surface area (Å²) < 4.78 is 5.46. The number of carbonyl (C=O) groups excluding carboxylic acids is 1. The van der Waals surface area contributed by atoms with Crippen molar-refractivity contribution in [2.24, 2.45) is 0 Å². The molecule has 1 aliphatic heterocycles. The van der Waals surface area contributed by atoms with Gasteiger partial charge < -0.3 is 9.64 Å². The fraction of sp³-hybridized carbons (Fsp3) is 0.600. The molecule has 0 saturated carbocycles. The second-order valence-electron chi connectivity index (χ2n) is 7.81. The first-order valence-corrected chi connectivity index (χ1v) is 9.08. The van der Waals surface area contributed by atoms with Crippen molar-refractivity contribution >= 4 is 11.7 Å². The quantitative estimate of drug-likeness (QED) is 0.768. The van der Waals surface area contributed by atoms with Crippen molar-refractivity contribution in [1.29, 1.82) is 0 Å². The van der Waals surface area contributed by atoms with Gasteiger partial charge in [-0.15, -0.1) is 0 Å². The molecule has 1 aromatic rings. The van der Waals surface area contributed by atoms with E-state index in [1.54, 1.807) is 4.90 Å². The number of aromatic nitrogens is 1. The van der Waals surface area contributed by atoms with Crippen LogP contribution >= 0.6 is 0 Å². The van der Waals surface area contributed by atoms with Crippen molar-refractivity contribution in [3.05, 3.63) is 35.2 Å². The number of aryl methyl sites for hydroxylation is 2. The molecule has 0 aromatic carbocycles. The molecule has 1 amide bonds. The van der Waals surface area contributed by atoms with Crippen LogP contribution in [0.25, 0.3) is 5.57 Å². The predicted molar refractivity (Wildman–Crippen MR) is 95.9 cm³/mol. The van der Waals surface area contributed by atoms with Crippen LogP contribution in [0, 0.1) is 0 Å². The Bertz CT molecular complexity index is 644. The van der Waals surface area contributed by atoms with Gasteiger partial charge >= 0.3 is 6.09 Å². The number of fused-ring (bicyclic) bond motifs is 1. The summed E-state index contributed by atoms with van der Waals surface area (Å²) in [5.74, 6) is 0. The van der Waals surface area contributed by atoms with Gasteiger partial charge in [-0.1, -0.05) is 25.0 Å². The molecule has 0 spiro atoms. The average molecular weight is 328 g/mol. The van der Waals surface area contributed by atoms with Crippen molar-refractivity contribution in [2.45, 2.75) is 64.9 Å². The van der Waals surface area contributed by atoms with E-state index in [0.29, 0.717) is 13.1 Å². The average Bonchev–Trinajstić information content (AvgIpc) is 2.96. The molecule has 2 heterocycles. The molecule has 4 heteroatoms. The third-order valence-corrected chi connectivity index (χ3v) is 4.58. The molecule has 130 valence electrons. The Balaban J connectivity index is 1.69. The first-order chi connectivity index (χ1) is 11.4. The molecule has 24 heavy (non-hydrogen) atoms. The van der Waals surface area contributed by atoms with Crippen LogP contribution < -0.4 is 0 Å². The monoisotopic (exact) mass is 328 g/mol. The summed E-state index contributed by atoms with van der Waals surface area (Å²) >= 11 is 0. The van der Waals surface area contributed by atoms with Crippen LogP contribution in [-0.4, -0.2) is 34.7 Å². The summed E-state index contributed by atoms with van der Waals surface area (Å²) in [4.78, 5) is 18.9. The van der Waals surface area contributed by atoms with Crippen LogP contribution in [-0.2, 0) is 17.6 Å². The molecule has 2 aliphatic rings. The summed E-state index contributed by atoms with van der Waals surface area (Å²) in [5.41, 5.74) is 4.34. The number of carbonyl (C=O) groups is 1. The normalized spacial score (nSPS) is 18.5. The summed E-state index contributed by atoms with van der Waals surface area (Å²) in [6, 6.07) is 4.35.